The second kappa shape index (κ2) is 14.6. The molecule has 0 spiro atoms. The minimum atomic E-state index is -3.65. The Kier molecular flexibility index (Phi) is 10.9. The lowest BCUT2D eigenvalue weighted by molar-refractivity contribution is -0.142. The highest BCUT2D eigenvalue weighted by Gasteiger charge is 2.28. The Balaban J connectivity index is 1.38. The van der Waals surface area contributed by atoms with Gasteiger partial charge >= 0.3 is 0 Å². The van der Waals surface area contributed by atoms with Gasteiger partial charge in [0.2, 0.25) is 15.9 Å². The van der Waals surface area contributed by atoms with Crippen molar-refractivity contribution in [3.8, 4) is 5.75 Å². The topological polar surface area (TPSA) is 105 Å². The van der Waals surface area contributed by atoms with Crippen molar-refractivity contribution < 1.29 is 31.9 Å². The van der Waals surface area contributed by atoms with E-state index in [2.05, 4.69) is 11.4 Å². The van der Waals surface area contributed by atoms with Gasteiger partial charge in [-0.2, -0.15) is 4.31 Å². The number of amides is 2. The van der Waals surface area contributed by atoms with Crippen LogP contribution in [0.15, 0.2) is 65.1 Å². The van der Waals surface area contributed by atoms with Gasteiger partial charge in [0.25, 0.3) is 5.91 Å². The number of hydrogen-bond donors (Lipinski definition) is 1. The molecule has 1 aliphatic carbocycles. The van der Waals surface area contributed by atoms with Crippen LogP contribution >= 0.6 is 0 Å². The zero-order valence-electron chi connectivity index (χ0n) is 23.4. The summed E-state index contributed by atoms with van der Waals surface area (Å²) in [4.78, 5) is 27.9. The smallest absolute Gasteiger partial charge is 0.261 e. The van der Waals surface area contributed by atoms with Crippen molar-refractivity contribution in [3.63, 3.8) is 0 Å². The van der Waals surface area contributed by atoms with Gasteiger partial charge in [0, 0.05) is 26.2 Å². The molecule has 1 N–H and O–H groups in total. The maximum absolute atomic E-state index is 13.5. The first-order chi connectivity index (χ1) is 19.7. The number of hydrogen-bond acceptors (Lipinski definition) is 6. The molecule has 11 heteroatoms. The number of nitrogens with zero attached hydrogens (tertiary/aromatic N) is 2. The molecule has 1 heterocycles. The number of rotatable bonds is 12. The van der Waals surface area contributed by atoms with Crippen molar-refractivity contribution in [1.82, 2.24) is 14.5 Å². The van der Waals surface area contributed by atoms with Gasteiger partial charge < -0.3 is 19.7 Å². The van der Waals surface area contributed by atoms with Gasteiger partial charge in [0.1, 0.15) is 17.6 Å². The lowest BCUT2D eigenvalue weighted by Crippen LogP contribution is -2.49. The van der Waals surface area contributed by atoms with Crippen LogP contribution in [0.5, 0.6) is 5.75 Å². The summed E-state index contributed by atoms with van der Waals surface area (Å²) < 4.78 is 51.5. The van der Waals surface area contributed by atoms with Crippen LogP contribution in [-0.2, 0) is 30.9 Å². The Bertz CT molecular complexity index is 1310. The van der Waals surface area contributed by atoms with Crippen LogP contribution in [0, 0.1) is 5.82 Å². The Morgan fingerprint density at radius 1 is 1.07 bits per heavy atom. The zero-order valence-corrected chi connectivity index (χ0v) is 24.2. The number of nitrogens with one attached hydrogen (secondary N) is 1. The van der Waals surface area contributed by atoms with Crippen molar-refractivity contribution >= 4 is 21.8 Å². The van der Waals surface area contributed by atoms with E-state index in [9.17, 15) is 22.4 Å². The first kappa shape index (κ1) is 30.7. The van der Waals surface area contributed by atoms with Gasteiger partial charge in [-0.25, -0.2) is 12.8 Å². The summed E-state index contributed by atoms with van der Waals surface area (Å²) in [5.41, 5.74) is 2.02. The number of ether oxygens (including phenoxy) is 2. The van der Waals surface area contributed by atoms with E-state index in [4.69, 9.17) is 9.47 Å². The normalized spacial score (nSPS) is 16.9. The molecule has 1 fully saturated rings. The van der Waals surface area contributed by atoms with Crippen LogP contribution in [0.1, 0.15) is 44.6 Å². The van der Waals surface area contributed by atoms with Gasteiger partial charge in [-0.05, 0) is 81.0 Å². The molecule has 0 bridgehead atoms. The van der Waals surface area contributed by atoms with Crippen molar-refractivity contribution in [1.29, 1.82) is 0 Å². The van der Waals surface area contributed by atoms with E-state index >= 15 is 0 Å². The van der Waals surface area contributed by atoms with Crippen LogP contribution in [0.4, 0.5) is 4.39 Å². The molecule has 41 heavy (non-hydrogen) atoms. The van der Waals surface area contributed by atoms with E-state index in [0.29, 0.717) is 44.2 Å². The molecule has 222 valence electrons. The molecule has 4 rings (SSSR count). The highest BCUT2D eigenvalue weighted by atomic mass is 32.2. The fourth-order valence-electron chi connectivity index (χ4n) is 4.87. The molecule has 1 atom stereocenters. The molecule has 9 nitrogen and oxygen atoms in total. The highest BCUT2D eigenvalue weighted by molar-refractivity contribution is 7.89. The Morgan fingerprint density at radius 2 is 1.78 bits per heavy atom. The van der Waals surface area contributed by atoms with Gasteiger partial charge in [-0.15, -0.1) is 0 Å². The molecule has 0 saturated carbocycles. The van der Waals surface area contributed by atoms with E-state index in [1.165, 1.54) is 64.0 Å². The standard InChI is InChI=1S/C30H38FN3O6S/c1-23(30(36)32-16-15-24-5-3-2-4-6-24)34(21-25-7-9-26(31)10-8-25)29(35)22-40-27-11-13-28(14-12-27)41(37,38)33-17-19-39-20-18-33/h5,7-14,23H,2-4,6,15-22H2,1H3,(H,32,36). The van der Waals surface area contributed by atoms with E-state index in [-0.39, 0.29) is 24.0 Å². The summed E-state index contributed by atoms with van der Waals surface area (Å²) in [5.74, 6) is -0.790. The number of carbonyl (C=O) groups is 2. The second-order valence-electron chi connectivity index (χ2n) is 10.2. The number of benzene rings is 2. The van der Waals surface area contributed by atoms with E-state index in [1.54, 1.807) is 19.1 Å². The van der Waals surface area contributed by atoms with Crippen LogP contribution < -0.4 is 10.1 Å². The summed E-state index contributed by atoms with van der Waals surface area (Å²) in [6, 6.07) is 10.9. The van der Waals surface area contributed by atoms with E-state index < -0.39 is 27.8 Å². The monoisotopic (exact) mass is 587 g/mol. The SMILES string of the molecule is CC(C(=O)NCCC1=CCCCC1)N(Cc1ccc(F)cc1)C(=O)COc1ccc(S(=O)(=O)N2CCOCC2)cc1. The van der Waals surface area contributed by atoms with Crippen molar-refractivity contribution in [2.24, 2.45) is 0 Å². The first-order valence-electron chi connectivity index (χ1n) is 14.0. The third kappa shape index (κ3) is 8.61. The predicted molar refractivity (Wildman–Crippen MR) is 152 cm³/mol. The van der Waals surface area contributed by atoms with Gasteiger partial charge in [0.05, 0.1) is 18.1 Å². The molecule has 0 aromatic heterocycles. The molecular formula is C30H38FN3O6S. The van der Waals surface area contributed by atoms with Gasteiger partial charge in [-0.3, -0.25) is 9.59 Å². The maximum Gasteiger partial charge on any atom is 0.261 e. The summed E-state index contributed by atoms with van der Waals surface area (Å²) in [5, 5.41) is 2.94. The lowest BCUT2D eigenvalue weighted by Gasteiger charge is -2.29. The summed E-state index contributed by atoms with van der Waals surface area (Å²) in [6.07, 6.45) is 7.52. The lowest BCUT2D eigenvalue weighted by atomic mass is 9.97. The largest absolute Gasteiger partial charge is 0.484 e. The summed E-state index contributed by atoms with van der Waals surface area (Å²) in [6.45, 7) is 3.17. The molecule has 2 aromatic rings. The minimum absolute atomic E-state index is 0.0962. The molecule has 2 aromatic carbocycles. The Labute approximate surface area is 241 Å². The average Bonchev–Trinajstić information content (AvgIpc) is 3.00. The Morgan fingerprint density at radius 3 is 2.44 bits per heavy atom. The van der Waals surface area contributed by atoms with Crippen LogP contribution in [0.3, 0.4) is 0 Å². The van der Waals surface area contributed by atoms with Crippen molar-refractivity contribution in [2.45, 2.75) is 56.5 Å². The molecule has 1 saturated heterocycles. The highest BCUT2D eigenvalue weighted by Crippen LogP contribution is 2.22. The Hall–Kier alpha value is -3.28. The number of halogens is 1. The average molecular weight is 588 g/mol. The predicted octanol–water partition coefficient (Wildman–Crippen LogP) is 3.65. The zero-order chi connectivity index (χ0) is 29.2. The first-order valence-corrected chi connectivity index (χ1v) is 15.5. The van der Waals surface area contributed by atoms with Crippen LogP contribution in [0.25, 0.3) is 0 Å². The fourth-order valence-corrected chi connectivity index (χ4v) is 6.27. The van der Waals surface area contributed by atoms with Crippen LogP contribution in [-0.4, -0.2) is 74.9 Å². The quantitative estimate of drug-likeness (QED) is 0.380. The van der Waals surface area contributed by atoms with Crippen molar-refractivity contribution in [2.75, 3.05) is 39.5 Å². The summed E-state index contributed by atoms with van der Waals surface area (Å²) >= 11 is 0. The maximum atomic E-state index is 13.5. The molecule has 2 amide bonds. The molecular weight excluding hydrogens is 549 g/mol. The van der Waals surface area contributed by atoms with Gasteiger partial charge in [0.15, 0.2) is 6.61 Å². The third-order valence-electron chi connectivity index (χ3n) is 7.36. The van der Waals surface area contributed by atoms with Crippen LogP contribution in [0.2, 0.25) is 0 Å². The number of allylic oxidation sites excluding steroid dienone is 1. The van der Waals surface area contributed by atoms with E-state index in [0.717, 1.165) is 19.3 Å². The fraction of sp³-hybridized carbons (Fsp3) is 0.467. The van der Waals surface area contributed by atoms with Gasteiger partial charge in [-0.1, -0.05) is 23.8 Å². The molecule has 2 aliphatic rings. The second-order valence-corrected chi connectivity index (χ2v) is 12.2. The molecule has 0 radical (unpaired) electrons. The number of morpholine rings is 1. The summed E-state index contributed by atoms with van der Waals surface area (Å²) in [7, 11) is -3.65. The van der Waals surface area contributed by atoms with Crippen molar-refractivity contribution in [3.05, 3.63) is 71.6 Å². The number of sulfonamides is 1. The molecule has 1 unspecified atom stereocenters. The third-order valence-corrected chi connectivity index (χ3v) is 9.27. The minimum Gasteiger partial charge on any atom is -0.484 e. The molecule has 1 aliphatic heterocycles. The number of carbonyl (C=O) groups excluding carboxylic acids is 2. The van der Waals surface area contributed by atoms with E-state index in [1.807, 2.05) is 0 Å².